The van der Waals surface area contributed by atoms with E-state index in [9.17, 15) is 14.4 Å². The Hall–Kier alpha value is -3.66. The largest absolute Gasteiger partial charge is 0.370 e. The molecule has 2 aromatic carbocycles. The maximum Gasteiger partial charge on any atom is 0.244 e. The maximum atomic E-state index is 12.9. The SMILES string of the molecule is NC(=O)[C@H](CCCCN=C(N)N)NC(=O)[C@@H](CC(=O)NO)Cc1ccc2ccccc2c1. The number of fused-ring (bicyclic) bond motifs is 1. The highest BCUT2D eigenvalue weighted by Gasteiger charge is 2.26. The average molecular weight is 443 g/mol. The Morgan fingerprint density at radius 1 is 1.00 bits per heavy atom. The molecule has 0 saturated carbocycles. The van der Waals surface area contributed by atoms with Gasteiger partial charge in [0, 0.05) is 13.0 Å². The number of rotatable bonds is 12. The van der Waals surface area contributed by atoms with Gasteiger partial charge >= 0.3 is 0 Å². The molecule has 0 fully saturated rings. The van der Waals surface area contributed by atoms with E-state index in [0.717, 1.165) is 16.3 Å². The fourth-order valence-corrected chi connectivity index (χ4v) is 3.42. The van der Waals surface area contributed by atoms with E-state index in [0.29, 0.717) is 25.8 Å². The highest BCUT2D eigenvalue weighted by atomic mass is 16.5. The van der Waals surface area contributed by atoms with E-state index >= 15 is 0 Å². The molecule has 172 valence electrons. The van der Waals surface area contributed by atoms with Gasteiger partial charge in [-0.15, -0.1) is 0 Å². The quantitative estimate of drug-likeness (QED) is 0.0902. The van der Waals surface area contributed by atoms with Gasteiger partial charge in [0.25, 0.3) is 0 Å². The predicted molar refractivity (Wildman–Crippen MR) is 121 cm³/mol. The van der Waals surface area contributed by atoms with E-state index in [1.54, 1.807) is 5.48 Å². The molecular formula is C22H30N6O4. The van der Waals surface area contributed by atoms with Gasteiger partial charge in [0.15, 0.2) is 5.96 Å². The number of nitrogens with two attached hydrogens (primary N) is 3. The standard InChI is InChI=1S/C22H30N6O4/c23-20(30)18(7-3-4-10-26-22(24)25)27-21(31)17(13-19(29)28-32)12-14-8-9-15-5-1-2-6-16(15)11-14/h1-2,5-6,8-9,11,17-18,32H,3-4,7,10,12-13H2,(H2,23,30)(H,27,31)(H,28,29)(H4,24,25,26)/t17-,18+/m1/s1. The molecule has 9 N–H and O–H groups in total. The van der Waals surface area contributed by atoms with Gasteiger partial charge in [-0.2, -0.15) is 0 Å². The molecule has 3 amide bonds. The van der Waals surface area contributed by atoms with Crippen LogP contribution in [0.1, 0.15) is 31.2 Å². The van der Waals surface area contributed by atoms with Crippen molar-refractivity contribution in [1.29, 1.82) is 0 Å². The van der Waals surface area contributed by atoms with Gasteiger partial charge < -0.3 is 22.5 Å². The fourth-order valence-electron chi connectivity index (χ4n) is 3.42. The first kappa shape index (κ1) is 24.6. The summed E-state index contributed by atoms with van der Waals surface area (Å²) in [6.07, 6.45) is 1.50. The predicted octanol–water partition coefficient (Wildman–Crippen LogP) is 0.308. The Morgan fingerprint density at radius 3 is 2.38 bits per heavy atom. The summed E-state index contributed by atoms with van der Waals surface area (Å²) in [5.41, 5.74) is 18.4. The number of carbonyl (C=O) groups is 3. The highest BCUT2D eigenvalue weighted by Crippen LogP contribution is 2.20. The van der Waals surface area contributed by atoms with Crippen molar-refractivity contribution in [1.82, 2.24) is 10.8 Å². The number of guanidine groups is 1. The molecule has 2 atom stereocenters. The van der Waals surface area contributed by atoms with Crippen molar-refractivity contribution in [3.05, 3.63) is 48.0 Å². The van der Waals surface area contributed by atoms with Gasteiger partial charge in [-0.25, -0.2) is 5.48 Å². The van der Waals surface area contributed by atoms with Gasteiger partial charge in [0.2, 0.25) is 17.7 Å². The Bertz CT molecular complexity index is 974. The molecule has 0 spiro atoms. The third kappa shape index (κ3) is 7.88. The molecule has 10 nitrogen and oxygen atoms in total. The monoisotopic (exact) mass is 442 g/mol. The first-order chi connectivity index (χ1) is 15.3. The molecular weight excluding hydrogens is 412 g/mol. The maximum absolute atomic E-state index is 12.9. The Labute approximate surface area is 186 Å². The minimum atomic E-state index is -0.891. The number of nitrogens with zero attached hydrogens (tertiary/aromatic N) is 1. The minimum absolute atomic E-state index is 0.0107. The summed E-state index contributed by atoms with van der Waals surface area (Å²) >= 11 is 0. The second-order valence-electron chi connectivity index (χ2n) is 7.59. The number of aliphatic imine (C=N–C) groups is 1. The lowest BCUT2D eigenvalue weighted by Crippen LogP contribution is -2.47. The van der Waals surface area contributed by atoms with E-state index < -0.39 is 29.7 Å². The zero-order valence-corrected chi connectivity index (χ0v) is 17.8. The van der Waals surface area contributed by atoms with Crippen LogP contribution in [0, 0.1) is 5.92 Å². The summed E-state index contributed by atoms with van der Waals surface area (Å²) in [4.78, 5) is 40.4. The van der Waals surface area contributed by atoms with Crippen molar-refractivity contribution in [2.45, 2.75) is 38.1 Å². The van der Waals surface area contributed by atoms with Gasteiger partial charge in [0.05, 0.1) is 5.92 Å². The topological polar surface area (TPSA) is 186 Å². The summed E-state index contributed by atoms with van der Waals surface area (Å²) in [6, 6.07) is 12.7. The summed E-state index contributed by atoms with van der Waals surface area (Å²) < 4.78 is 0. The summed E-state index contributed by atoms with van der Waals surface area (Å²) in [6.45, 7) is 0.406. The van der Waals surface area contributed by atoms with E-state index in [1.165, 1.54) is 0 Å². The first-order valence-corrected chi connectivity index (χ1v) is 10.4. The summed E-state index contributed by atoms with van der Waals surface area (Å²) in [5, 5.41) is 13.6. The Balaban J connectivity index is 2.07. The highest BCUT2D eigenvalue weighted by molar-refractivity contribution is 5.90. The first-order valence-electron chi connectivity index (χ1n) is 10.4. The van der Waals surface area contributed by atoms with Crippen LogP contribution in [-0.4, -0.2) is 41.5 Å². The molecule has 2 aromatic rings. The lowest BCUT2D eigenvalue weighted by Gasteiger charge is -2.21. The second kappa shape index (κ2) is 12.3. The Kier molecular flexibility index (Phi) is 9.43. The minimum Gasteiger partial charge on any atom is -0.370 e. The number of benzene rings is 2. The number of hydroxylamine groups is 1. The van der Waals surface area contributed by atoms with Gasteiger partial charge in [0.1, 0.15) is 6.04 Å². The van der Waals surface area contributed by atoms with Crippen molar-refractivity contribution < 1.29 is 19.6 Å². The van der Waals surface area contributed by atoms with E-state index in [1.807, 2.05) is 42.5 Å². The van der Waals surface area contributed by atoms with Crippen molar-refractivity contribution in [3.8, 4) is 0 Å². The third-order valence-electron chi connectivity index (χ3n) is 5.08. The van der Waals surface area contributed by atoms with Crippen LogP contribution in [0.5, 0.6) is 0 Å². The van der Waals surface area contributed by atoms with Crippen LogP contribution in [0.15, 0.2) is 47.5 Å². The van der Waals surface area contributed by atoms with Crippen molar-refractivity contribution in [2.75, 3.05) is 6.54 Å². The lowest BCUT2D eigenvalue weighted by atomic mass is 9.93. The van der Waals surface area contributed by atoms with Crippen LogP contribution in [0.25, 0.3) is 10.8 Å². The number of amides is 3. The summed E-state index contributed by atoms with van der Waals surface area (Å²) in [7, 11) is 0. The zero-order chi connectivity index (χ0) is 23.5. The molecule has 0 radical (unpaired) electrons. The molecule has 0 aromatic heterocycles. The summed E-state index contributed by atoms with van der Waals surface area (Å²) in [5.74, 6) is -2.67. The molecule has 0 aliphatic heterocycles. The Morgan fingerprint density at radius 2 is 1.72 bits per heavy atom. The smallest absolute Gasteiger partial charge is 0.244 e. The molecule has 0 heterocycles. The fraction of sp³-hybridized carbons (Fsp3) is 0.364. The number of carbonyl (C=O) groups excluding carboxylic acids is 3. The van der Waals surface area contributed by atoms with Crippen LogP contribution < -0.4 is 28.0 Å². The lowest BCUT2D eigenvalue weighted by molar-refractivity contribution is -0.135. The number of hydrogen-bond donors (Lipinski definition) is 6. The number of hydrogen-bond acceptors (Lipinski definition) is 5. The van der Waals surface area contributed by atoms with Crippen LogP contribution in [-0.2, 0) is 20.8 Å². The molecule has 32 heavy (non-hydrogen) atoms. The van der Waals surface area contributed by atoms with Gasteiger partial charge in [-0.1, -0.05) is 42.5 Å². The molecule has 0 saturated heterocycles. The van der Waals surface area contributed by atoms with E-state index in [4.69, 9.17) is 22.4 Å². The molecule has 0 aliphatic rings. The second-order valence-corrected chi connectivity index (χ2v) is 7.59. The molecule has 0 bridgehead atoms. The van der Waals surface area contributed by atoms with Crippen molar-refractivity contribution >= 4 is 34.5 Å². The van der Waals surface area contributed by atoms with Gasteiger partial charge in [-0.05, 0) is 42.0 Å². The normalized spacial score (nSPS) is 12.5. The number of primary amides is 1. The van der Waals surface area contributed by atoms with Crippen LogP contribution >= 0.6 is 0 Å². The van der Waals surface area contributed by atoms with Crippen LogP contribution in [0.3, 0.4) is 0 Å². The van der Waals surface area contributed by atoms with Crippen molar-refractivity contribution in [3.63, 3.8) is 0 Å². The van der Waals surface area contributed by atoms with Crippen LogP contribution in [0.4, 0.5) is 0 Å². The molecule has 0 aliphatic carbocycles. The van der Waals surface area contributed by atoms with E-state index in [2.05, 4.69) is 10.3 Å². The number of unbranched alkanes of at least 4 members (excludes halogenated alkanes) is 1. The van der Waals surface area contributed by atoms with Crippen LogP contribution in [0.2, 0.25) is 0 Å². The molecule has 10 heteroatoms. The average Bonchev–Trinajstić information content (AvgIpc) is 2.76. The van der Waals surface area contributed by atoms with Gasteiger partial charge in [-0.3, -0.25) is 24.6 Å². The molecule has 0 unspecified atom stereocenters. The third-order valence-corrected chi connectivity index (χ3v) is 5.08. The zero-order valence-electron chi connectivity index (χ0n) is 17.8. The van der Waals surface area contributed by atoms with Crippen molar-refractivity contribution in [2.24, 2.45) is 28.1 Å². The molecule has 2 rings (SSSR count). The number of nitrogens with one attached hydrogen (secondary N) is 2. The van der Waals surface area contributed by atoms with E-state index in [-0.39, 0.29) is 18.8 Å².